The molecule has 1 aliphatic rings. The number of carbonyl (C=O) groups is 1. The van der Waals surface area contributed by atoms with Gasteiger partial charge < -0.3 is 10.2 Å². The second-order valence-corrected chi connectivity index (χ2v) is 6.08. The molecule has 1 aromatic rings. The van der Waals surface area contributed by atoms with E-state index in [1.807, 2.05) is 32.6 Å². The van der Waals surface area contributed by atoms with E-state index in [0.29, 0.717) is 12.5 Å². The minimum Gasteiger partial charge on any atom is -0.340 e. The SMILES string of the molecule is CC(C)C(=O)N(C)Cc1cc([C@H]2CCCNC2)nn1C. The maximum absolute atomic E-state index is 12.0. The number of aromatic nitrogens is 2. The molecule has 0 bridgehead atoms. The first-order chi connectivity index (χ1) is 9.49. The van der Waals surface area contributed by atoms with Gasteiger partial charge in [0.25, 0.3) is 0 Å². The highest BCUT2D eigenvalue weighted by molar-refractivity contribution is 5.77. The van der Waals surface area contributed by atoms with Crippen molar-refractivity contribution in [3.8, 4) is 0 Å². The van der Waals surface area contributed by atoms with Crippen LogP contribution in [-0.4, -0.2) is 40.7 Å². The van der Waals surface area contributed by atoms with E-state index in [1.165, 1.54) is 12.8 Å². The average Bonchev–Trinajstić information content (AvgIpc) is 2.80. The predicted octanol–water partition coefficient (Wildman–Crippen LogP) is 1.50. The Balaban J connectivity index is 2.05. The molecule has 5 nitrogen and oxygen atoms in total. The van der Waals surface area contributed by atoms with Gasteiger partial charge >= 0.3 is 0 Å². The molecule has 0 aliphatic carbocycles. The molecule has 0 unspecified atom stereocenters. The lowest BCUT2D eigenvalue weighted by Gasteiger charge is -2.20. The van der Waals surface area contributed by atoms with Crippen LogP contribution in [0.5, 0.6) is 0 Å². The van der Waals surface area contributed by atoms with Gasteiger partial charge in [0.05, 0.1) is 17.9 Å². The van der Waals surface area contributed by atoms with Gasteiger partial charge in [-0.05, 0) is 25.5 Å². The highest BCUT2D eigenvalue weighted by Gasteiger charge is 2.20. The zero-order valence-corrected chi connectivity index (χ0v) is 13.0. The van der Waals surface area contributed by atoms with Crippen molar-refractivity contribution in [1.29, 1.82) is 0 Å². The summed E-state index contributed by atoms with van der Waals surface area (Å²) >= 11 is 0. The van der Waals surface area contributed by atoms with Gasteiger partial charge in [-0.15, -0.1) is 0 Å². The molecule has 5 heteroatoms. The van der Waals surface area contributed by atoms with E-state index in [4.69, 9.17) is 0 Å². The molecule has 112 valence electrons. The first-order valence-corrected chi connectivity index (χ1v) is 7.47. The van der Waals surface area contributed by atoms with Crippen LogP contribution in [0, 0.1) is 5.92 Å². The Labute approximate surface area is 121 Å². The molecule has 1 atom stereocenters. The van der Waals surface area contributed by atoms with Crippen LogP contribution < -0.4 is 5.32 Å². The van der Waals surface area contributed by atoms with Gasteiger partial charge in [-0.3, -0.25) is 9.48 Å². The summed E-state index contributed by atoms with van der Waals surface area (Å²) in [5.41, 5.74) is 2.25. The van der Waals surface area contributed by atoms with Crippen molar-refractivity contribution >= 4 is 5.91 Å². The molecule has 2 heterocycles. The quantitative estimate of drug-likeness (QED) is 0.908. The molecule has 20 heavy (non-hydrogen) atoms. The van der Waals surface area contributed by atoms with Crippen LogP contribution in [0.4, 0.5) is 0 Å². The number of hydrogen-bond acceptors (Lipinski definition) is 3. The molecule has 1 fully saturated rings. The van der Waals surface area contributed by atoms with Gasteiger partial charge in [-0.25, -0.2) is 0 Å². The van der Waals surface area contributed by atoms with E-state index in [-0.39, 0.29) is 11.8 Å². The number of nitrogens with one attached hydrogen (secondary N) is 1. The van der Waals surface area contributed by atoms with Crippen molar-refractivity contribution < 1.29 is 4.79 Å². The molecule has 1 aliphatic heterocycles. The van der Waals surface area contributed by atoms with Crippen LogP contribution in [0.3, 0.4) is 0 Å². The molecule has 1 N–H and O–H groups in total. The summed E-state index contributed by atoms with van der Waals surface area (Å²) in [7, 11) is 3.82. The molecule has 0 aromatic carbocycles. The molecule has 1 saturated heterocycles. The zero-order valence-electron chi connectivity index (χ0n) is 13.0. The van der Waals surface area contributed by atoms with E-state index in [1.54, 1.807) is 4.90 Å². The molecular formula is C15H26N4O. The third-order valence-electron chi connectivity index (χ3n) is 3.98. The molecule has 1 aromatic heterocycles. The number of piperidine rings is 1. The normalized spacial score (nSPS) is 19.4. The van der Waals surface area contributed by atoms with E-state index in [2.05, 4.69) is 16.5 Å². The number of amides is 1. The summed E-state index contributed by atoms with van der Waals surface area (Å²) in [6.07, 6.45) is 2.41. The average molecular weight is 278 g/mol. The first kappa shape index (κ1) is 15.0. The summed E-state index contributed by atoms with van der Waals surface area (Å²) < 4.78 is 1.91. The van der Waals surface area contributed by atoms with Crippen LogP contribution in [0.15, 0.2) is 6.07 Å². The van der Waals surface area contributed by atoms with E-state index >= 15 is 0 Å². The summed E-state index contributed by atoms with van der Waals surface area (Å²) in [6.45, 7) is 6.61. The van der Waals surface area contributed by atoms with Crippen molar-refractivity contribution in [3.05, 3.63) is 17.5 Å². The number of rotatable bonds is 4. The van der Waals surface area contributed by atoms with Crippen LogP contribution in [-0.2, 0) is 18.4 Å². The maximum Gasteiger partial charge on any atom is 0.225 e. The van der Waals surface area contributed by atoms with Crippen LogP contribution in [0.2, 0.25) is 0 Å². The predicted molar refractivity (Wildman–Crippen MR) is 79.4 cm³/mol. The minimum absolute atomic E-state index is 0.0373. The Morgan fingerprint density at radius 1 is 1.60 bits per heavy atom. The summed E-state index contributed by atoms with van der Waals surface area (Å²) in [4.78, 5) is 13.7. The van der Waals surface area contributed by atoms with E-state index in [9.17, 15) is 4.79 Å². The largest absolute Gasteiger partial charge is 0.340 e. The van der Waals surface area contributed by atoms with Crippen LogP contribution in [0.25, 0.3) is 0 Å². The fraction of sp³-hybridized carbons (Fsp3) is 0.733. The molecule has 0 radical (unpaired) electrons. The number of aryl methyl sites for hydroxylation is 1. The van der Waals surface area contributed by atoms with Gasteiger partial charge in [0.15, 0.2) is 0 Å². The summed E-state index contributed by atoms with van der Waals surface area (Å²) in [5.74, 6) is 0.720. The second kappa shape index (κ2) is 6.39. The Hall–Kier alpha value is -1.36. The lowest BCUT2D eigenvalue weighted by molar-refractivity contribution is -0.133. The Morgan fingerprint density at radius 3 is 2.95 bits per heavy atom. The fourth-order valence-electron chi connectivity index (χ4n) is 2.74. The van der Waals surface area contributed by atoms with E-state index in [0.717, 1.165) is 24.5 Å². The van der Waals surface area contributed by atoms with Gasteiger partial charge in [-0.2, -0.15) is 5.10 Å². The minimum atomic E-state index is 0.0373. The van der Waals surface area contributed by atoms with Crippen molar-refractivity contribution in [3.63, 3.8) is 0 Å². The number of carbonyl (C=O) groups excluding carboxylic acids is 1. The fourth-order valence-corrected chi connectivity index (χ4v) is 2.74. The van der Waals surface area contributed by atoms with Gasteiger partial charge in [0.1, 0.15) is 0 Å². The number of hydrogen-bond donors (Lipinski definition) is 1. The van der Waals surface area contributed by atoms with Crippen LogP contribution >= 0.6 is 0 Å². The summed E-state index contributed by atoms with van der Waals surface area (Å²) in [5, 5.41) is 8.05. The third kappa shape index (κ3) is 3.39. The second-order valence-electron chi connectivity index (χ2n) is 6.08. The lowest BCUT2D eigenvalue weighted by Crippen LogP contribution is -2.30. The highest BCUT2D eigenvalue weighted by atomic mass is 16.2. The van der Waals surface area contributed by atoms with Gasteiger partial charge in [0, 0.05) is 32.5 Å². The molecule has 2 rings (SSSR count). The van der Waals surface area contributed by atoms with Crippen molar-refractivity contribution in [2.75, 3.05) is 20.1 Å². The summed E-state index contributed by atoms with van der Waals surface area (Å²) in [6, 6.07) is 2.15. The first-order valence-electron chi connectivity index (χ1n) is 7.47. The van der Waals surface area contributed by atoms with Gasteiger partial charge in [-0.1, -0.05) is 13.8 Å². The monoisotopic (exact) mass is 278 g/mol. The Kier molecular flexibility index (Phi) is 4.81. The van der Waals surface area contributed by atoms with Gasteiger partial charge in [0.2, 0.25) is 5.91 Å². The highest BCUT2D eigenvalue weighted by Crippen LogP contribution is 2.23. The van der Waals surface area contributed by atoms with Crippen LogP contribution in [0.1, 0.15) is 44.0 Å². The Bertz CT molecular complexity index is 460. The maximum atomic E-state index is 12.0. The smallest absolute Gasteiger partial charge is 0.225 e. The van der Waals surface area contributed by atoms with Crippen molar-refractivity contribution in [1.82, 2.24) is 20.0 Å². The van der Waals surface area contributed by atoms with Crippen molar-refractivity contribution in [2.24, 2.45) is 13.0 Å². The molecule has 0 saturated carbocycles. The van der Waals surface area contributed by atoms with E-state index < -0.39 is 0 Å². The zero-order chi connectivity index (χ0) is 14.7. The van der Waals surface area contributed by atoms with Crippen molar-refractivity contribution in [2.45, 2.75) is 39.2 Å². The molecule has 1 amide bonds. The topological polar surface area (TPSA) is 50.2 Å². The molecular weight excluding hydrogens is 252 g/mol. The molecule has 0 spiro atoms. The number of nitrogens with zero attached hydrogens (tertiary/aromatic N) is 3. The lowest BCUT2D eigenvalue weighted by atomic mass is 9.96. The Morgan fingerprint density at radius 2 is 2.35 bits per heavy atom. The third-order valence-corrected chi connectivity index (χ3v) is 3.98. The standard InChI is InChI=1S/C15H26N4O/c1-11(2)15(20)18(3)10-13-8-14(17-19(13)4)12-6-5-7-16-9-12/h8,11-12,16H,5-7,9-10H2,1-4H3/t12-/m0/s1.